The molecule has 0 unspecified atom stereocenters. The molecule has 1 fully saturated rings. The Labute approximate surface area is 167 Å². The van der Waals surface area contributed by atoms with Gasteiger partial charge in [0.05, 0.1) is 12.1 Å². The van der Waals surface area contributed by atoms with Gasteiger partial charge in [0.1, 0.15) is 17.7 Å². The number of aromatic nitrogens is 3. The molecule has 1 aromatic carbocycles. The quantitative estimate of drug-likeness (QED) is 0.648. The molecule has 0 spiro atoms. The number of anilines is 1. The fraction of sp³-hybridized carbons (Fsp3) is 0.450. The molecule has 1 aliphatic rings. The lowest BCUT2D eigenvalue weighted by molar-refractivity contribution is -0.231. The van der Waals surface area contributed by atoms with Gasteiger partial charge in [-0.25, -0.2) is 15.0 Å². The Hall–Kier alpha value is -2.65. The molecule has 0 amide bonds. The van der Waals surface area contributed by atoms with Gasteiger partial charge in [-0.05, 0) is 32.0 Å². The summed E-state index contributed by atoms with van der Waals surface area (Å²) in [6, 6.07) is 4.12. The molecule has 1 saturated heterocycles. The van der Waals surface area contributed by atoms with Crippen molar-refractivity contribution in [2.45, 2.75) is 26.5 Å². The van der Waals surface area contributed by atoms with E-state index in [0.29, 0.717) is 23.5 Å². The second kappa shape index (κ2) is 7.64. The fourth-order valence-corrected chi connectivity index (χ4v) is 3.49. The molecule has 9 heteroatoms. The van der Waals surface area contributed by atoms with Crippen LogP contribution in [0.5, 0.6) is 0 Å². The summed E-state index contributed by atoms with van der Waals surface area (Å²) < 4.78 is 37.4. The zero-order valence-corrected chi connectivity index (χ0v) is 16.7. The molecular weight excluding hydrogens is 380 g/mol. The van der Waals surface area contributed by atoms with Crippen molar-refractivity contribution in [3.63, 3.8) is 0 Å². The van der Waals surface area contributed by atoms with Crippen LogP contribution in [0.15, 0.2) is 28.9 Å². The van der Waals surface area contributed by atoms with Crippen LogP contribution in [0.2, 0.25) is 0 Å². The summed E-state index contributed by atoms with van der Waals surface area (Å²) in [6.07, 6.45) is -1.75. The van der Waals surface area contributed by atoms with Gasteiger partial charge in [-0.1, -0.05) is 0 Å². The Morgan fingerprint density at radius 1 is 1.14 bits per heavy atom. The van der Waals surface area contributed by atoms with E-state index in [9.17, 15) is 8.78 Å². The van der Waals surface area contributed by atoms with Gasteiger partial charge < -0.3 is 14.1 Å². The van der Waals surface area contributed by atoms with E-state index in [4.69, 9.17) is 4.42 Å². The second-order valence-corrected chi connectivity index (χ2v) is 7.18. The molecule has 2 aromatic heterocycles. The summed E-state index contributed by atoms with van der Waals surface area (Å²) in [7, 11) is 0.972. The average Bonchev–Trinajstić information content (AvgIpc) is 3.12. The molecule has 1 aliphatic heterocycles. The number of alkyl halides is 2. The minimum atomic E-state index is -3.35. The largest absolute Gasteiger partial charge is 0.439 e. The zero-order chi connectivity index (χ0) is 20.6. The predicted octanol–water partition coefficient (Wildman–Crippen LogP) is 3.25. The van der Waals surface area contributed by atoms with E-state index < -0.39 is 6.11 Å². The van der Waals surface area contributed by atoms with Crippen LogP contribution < -0.4 is 4.90 Å². The minimum absolute atomic E-state index is 0.251. The molecule has 0 atom stereocenters. The van der Waals surface area contributed by atoms with Crippen LogP contribution in [0.1, 0.15) is 22.7 Å². The first-order valence-electron chi connectivity index (χ1n) is 9.46. The highest BCUT2D eigenvalue weighted by molar-refractivity contribution is 5.73. The summed E-state index contributed by atoms with van der Waals surface area (Å²) >= 11 is 0. The lowest BCUT2D eigenvalue weighted by atomic mass is 10.2. The van der Waals surface area contributed by atoms with Gasteiger partial charge >= 0.3 is 6.11 Å². The van der Waals surface area contributed by atoms with Gasteiger partial charge in [-0.15, -0.1) is 0 Å². The van der Waals surface area contributed by atoms with Crippen LogP contribution in [0, 0.1) is 13.8 Å². The zero-order valence-electron chi connectivity index (χ0n) is 16.7. The number of hydrogen-bond donors (Lipinski definition) is 0. The second-order valence-electron chi connectivity index (χ2n) is 7.18. The molecule has 154 valence electrons. The minimum Gasteiger partial charge on any atom is -0.439 e. The third-order valence-electron chi connectivity index (χ3n) is 5.37. The Bertz CT molecular complexity index is 1020. The van der Waals surface area contributed by atoms with Crippen molar-refractivity contribution in [3.8, 4) is 0 Å². The first-order valence-corrected chi connectivity index (χ1v) is 9.46. The fourth-order valence-electron chi connectivity index (χ4n) is 3.49. The van der Waals surface area contributed by atoms with Crippen molar-refractivity contribution < 1.29 is 17.9 Å². The summed E-state index contributed by atoms with van der Waals surface area (Å²) in [5.41, 5.74) is 2.73. The molecule has 7 nitrogen and oxygen atoms in total. The van der Waals surface area contributed by atoms with E-state index in [1.807, 2.05) is 13.8 Å². The number of hydrogen-bond acceptors (Lipinski definition) is 7. The Morgan fingerprint density at radius 3 is 2.62 bits per heavy atom. The first kappa shape index (κ1) is 19.7. The van der Waals surface area contributed by atoms with Crippen molar-refractivity contribution in [2.24, 2.45) is 0 Å². The Balaban J connectivity index is 1.43. The first-order chi connectivity index (χ1) is 13.9. The molecule has 0 aliphatic carbocycles. The van der Waals surface area contributed by atoms with Gasteiger partial charge in [-0.3, -0.25) is 4.90 Å². The van der Waals surface area contributed by atoms with Crippen molar-refractivity contribution in [1.29, 1.82) is 0 Å². The SMILES string of the molecule is COC(F)(F)c1ccc2nc(CN3CCN(c4ncnc(C)c4C)CC3)oc2c1. The lowest BCUT2D eigenvalue weighted by Crippen LogP contribution is -2.46. The van der Waals surface area contributed by atoms with Crippen molar-refractivity contribution in [1.82, 2.24) is 19.9 Å². The Kier molecular flexibility index (Phi) is 5.18. The van der Waals surface area contributed by atoms with Crippen molar-refractivity contribution in [3.05, 3.63) is 47.2 Å². The smallest absolute Gasteiger partial charge is 0.383 e. The molecule has 3 aromatic rings. The van der Waals surface area contributed by atoms with Gasteiger partial charge in [0, 0.05) is 44.5 Å². The van der Waals surface area contributed by atoms with Gasteiger partial charge in [0.2, 0.25) is 5.89 Å². The normalized spacial score (nSPS) is 16.0. The van der Waals surface area contributed by atoms with Crippen LogP contribution >= 0.6 is 0 Å². The number of halogens is 2. The van der Waals surface area contributed by atoms with Crippen LogP contribution in [-0.4, -0.2) is 53.1 Å². The van der Waals surface area contributed by atoms with E-state index in [2.05, 4.69) is 29.5 Å². The number of nitrogens with zero attached hydrogens (tertiary/aromatic N) is 5. The number of aryl methyl sites for hydroxylation is 1. The van der Waals surface area contributed by atoms with Gasteiger partial charge in [0.15, 0.2) is 5.58 Å². The summed E-state index contributed by atoms with van der Waals surface area (Å²) in [4.78, 5) is 17.6. The predicted molar refractivity (Wildman–Crippen MR) is 104 cm³/mol. The standard InChI is InChI=1S/C20H23F2N5O2/c1-13-14(2)23-12-24-19(13)27-8-6-26(7-9-27)11-18-25-16-5-4-15(10-17(16)29-18)20(21,22)28-3/h4-5,10,12H,6-9,11H2,1-3H3. The lowest BCUT2D eigenvalue weighted by Gasteiger charge is -2.35. The highest BCUT2D eigenvalue weighted by Crippen LogP contribution is 2.31. The van der Waals surface area contributed by atoms with Gasteiger partial charge in [0.25, 0.3) is 0 Å². The monoisotopic (exact) mass is 403 g/mol. The number of oxazole rings is 1. The average molecular weight is 403 g/mol. The number of fused-ring (bicyclic) bond motifs is 1. The number of piperazine rings is 1. The highest BCUT2D eigenvalue weighted by atomic mass is 19.3. The highest BCUT2D eigenvalue weighted by Gasteiger charge is 2.32. The van der Waals surface area contributed by atoms with Crippen molar-refractivity contribution in [2.75, 3.05) is 38.2 Å². The summed E-state index contributed by atoms with van der Waals surface area (Å²) in [5, 5.41) is 0. The van der Waals surface area contributed by atoms with E-state index in [1.165, 1.54) is 18.2 Å². The van der Waals surface area contributed by atoms with E-state index in [0.717, 1.165) is 50.4 Å². The third-order valence-corrected chi connectivity index (χ3v) is 5.37. The molecule has 3 heterocycles. The summed E-state index contributed by atoms with van der Waals surface area (Å²) in [6.45, 7) is 7.88. The van der Waals surface area contributed by atoms with Crippen LogP contribution in [-0.2, 0) is 17.4 Å². The maximum absolute atomic E-state index is 13.7. The maximum Gasteiger partial charge on any atom is 0.383 e. The number of methoxy groups -OCH3 is 1. The number of ether oxygens (including phenoxy) is 1. The molecule has 4 rings (SSSR count). The third kappa shape index (κ3) is 3.92. The number of rotatable bonds is 5. The molecule has 0 radical (unpaired) electrons. The topological polar surface area (TPSA) is 67.5 Å². The van der Waals surface area contributed by atoms with Crippen LogP contribution in [0.4, 0.5) is 14.6 Å². The molecule has 0 saturated carbocycles. The number of benzene rings is 1. The maximum atomic E-state index is 13.7. The molecule has 0 N–H and O–H groups in total. The van der Waals surface area contributed by atoms with Crippen LogP contribution in [0.25, 0.3) is 11.1 Å². The van der Waals surface area contributed by atoms with E-state index in [1.54, 1.807) is 6.33 Å². The van der Waals surface area contributed by atoms with Gasteiger partial charge in [-0.2, -0.15) is 8.78 Å². The van der Waals surface area contributed by atoms with Crippen LogP contribution in [0.3, 0.4) is 0 Å². The van der Waals surface area contributed by atoms with E-state index >= 15 is 0 Å². The van der Waals surface area contributed by atoms with Crippen molar-refractivity contribution >= 4 is 16.9 Å². The molecule has 0 bridgehead atoms. The molecule has 29 heavy (non-hydrogen) atoms. The summed E-state index contributed by atoms with van der Waals surface area (Å²) in [5.74, 6) is 1.49. The molecular formula is C20H23F2N5O2. The van der Waals surface area contributed by atoms with E-state index in [-0.39, 0.29) is 5.56 Å². The Morgan fingerprint density at radius 2 is 1.90 bits per heavy atom.